The van der Waals surface area contributed by atoms with E-state index in [1.54, 1.807) is 25.4 Å². The van der Waals surface area contributed by atoms with Crippen LogP contribution in [0.1, 0.15) is 23.2 Å². The van der Waals surface area contributed by atoms with Crippen molar-refractivity contribution in [3.63, 3.8) is 0 Å². The zero-order valence-corrected chi connectivity index (χ0v) is 12.3. The maximum atomic E-state index is 12.1. The van der Waals surface area contributed by atoms with Crippen molar-refractivity contribution in [3.8, 4) is 0 Å². The van der Waals surface area contributed by atoms with Gasteiger partial charge in [-0.05, 0) is 31.5 Å². The van der Waals surface area contributed by atoms with Gasteiger partial charge < -0.3 is 15.4 Å². The molecule has 6 heteroatoms. The minimum Gasteiger partial charge on any atom is -0.373 e. The van der Waals surface area contributed by atoms with E-state index in [1.165, 1.54) is 12.8 Å². The number of hydrogen-bond donors (Lipinski definition) is 2. The number of anilines is 1. The standard InChI is InChI=1S/C15H22N4O2/c1-16-14-7-11(4-5-17-14)15(20)18-8-13-9-19-6-2-3-12(19)10-21-13/h4-5,7,12-13H,2-3,6,8-10H2,1H3,(H,16,17)(H,18,20). The van der Waals surface area contributed by atoms with Crippen LogP contribution in [0.15, 0.2) is 18.3 Å². The average Bonchev–Trinajstić information content (AvgIpc) is 3.00. The van der Waals surface area contributed by atoms with Gasteiger partial charge in [0.2, 0.25) is 0 Å². The van der Waals surface area contributed by atoms with Gasteiger partial charge in [-0.2, -0.15) is 0 Å². The molecule has 0 radical (unpaired) electrons. The van der Waals surface area contributed by atoms with E-state index in [0.29, 0.717) is 24.0 Å². The predicted molar refractivity (Wildman–Crippen MR) is 80.5 cm³/mol. The van der Waals surface area contributed by atoms with E-state index < -0.39 is 0 Å². The second-order valence-electron chi connectivity index (χ2n) is 5.64. The molecule has 1 aromatic heterocycles. The third-order valence-electron chi connectivity index (χ3n) is 4.23. The van der Waals surface area contributed by atoms with Crippen molar-refractivity contribution >= 4 is 11.7 Å². The van der Waals surface area contributed by atoms with E-state index in [-0.39, 0.29) is 12.0 Å². The summed E-state index contributed by atoms with van der Waals surface area (Å²) in [6.07, 6.45) is 4.22. The lowest BCUT2D eigenvalue weighted by atomic mass is 10.2. The van der Waals surface area contributed by atoms with Crippen LogP contribution in [0.3, 0.4) is 0 Å². The number of nitrogens with zero attached hydrogens (tertiary/aromatic N) is 2. The summed E-state index contributed by atoms with van der Waals surface area (Å²) in [5.41, 5.74) is 0.615. The predicted octanol–water partition coefficient (Wildman–Crippen LogP) is 0.716. The van der Waals surface area contributed by atoms with Crippen molar-refractivity contribution in [2.45, 2.75) is 25.0 Å². The summed E-state index contributed by atoms with van der Waals surface area (Å²) in [6.45, 7) is 3.43. The number of pyridine rings is 1. The van der Waals surface area contributed by atoms with E-state index in [4.69, 9.17) is 4.74 Å². The highest BCUT2D eigenvalue weighted by atomic mass is 16.5. The summed E-state index contributed by atoms with van der Waals surface area (Å²) >= 11 is 0. The fourth-order valence-corrected chi connectivity index (χ4v) is 3.03. The Bertz CT molecular complexity index is 508. The minimum absolute atomic E-state index is 0.0824. The van der Waals surface area contributed by atoms with Gasteiger partial charge >= 0.3 is 0 Å². The van der Waals surface area contributed by atoms with Crippen LogP contribution in [-0.4, -0.2) is 61.2 Å². The second kappa shape index (κ2) is 6.41. The molecule has 2 aliphatic heterocycles. The van der Waals surface area contributed by atoms with Crippen molar-refractivity contribution in [1.29, 1.82) is 0 Å². The summed E-state index contributed by atoms with van der Waals surface area (Å²) in [5.74, 6) is 0.609. The fourth-order valence-electron chi connectivity index (χ4n) is 3.03. The summed E-state index contributed by atoms with van der Waals surface area (Å²) in [5, 5.41) is 5.88. The topological polar surface area (TPSA) is 66.5 Å². The summed E-state index contributed by atoms with van der Waals surface area (Å²) in [4.78, 5) is 18.7. The van der Waals surface area contributed by atoms with Crippen molar-refractivity contribution < 1.29 is 9.53 Å². The molecule has 0 saturated carbocycles. The monoisotopic (exact) mass is 290 g/mol. The number of carbonyl (C=O) groups excluding carboxylic acids is 1. The first-order valence-corrected chi connectivity index (χ1v) is 7.54. The van der Waals surface area contributed by atoms with Crippen molar-refractivity contribution in [2.75, 3.05) is 38.6 Å². The third kappa shape index (κ3) is 3.33. The molecule has 21 heavy (non-hydrogen) atoms. The second-order valence-corrected chi connectivity index (χ2v) is 5.64. The van der Waals surface area contributed by atoms with Gasteiger partial charge in [-0.15, -0.1) is 0 Å². The molecule has 114 valence electrons. The number of hydrogen-bond acceptors (Lipinski definition) is 5. The number of aromatic nitrogens is 1. The number of rotatable bonds is 4. The molecule has 2 aliphatic rings. The van der Waals surface area contributed by atoms with Crippen LogP contribution >= 0.6 is 0 Å². The lowest BCUT2D eigenvalue weighted by molar-refractivity contribution is -0.0461. The molecule has 6 nitrogen and oxygen atoms in total. The summed E-state index contributed by atoms with van der Waals surface area (Å²) < 4.78 is 5.84. The van der Waals surface area contributed by atoms with E-state index >= 15 is 0 Å². The normalized spacial score (nSPS) is 25.4. The number of morpholine rings is 1. The maximum Gasteiger partial charge on any atom is 0.251 e. The molecule has 3 heterocycles. The first kappa shape index (κ1) is 14.3. The summed E-state index contributed by atoms with van der Waals surface area (Å²) in [7, 11) is 1.78. The zero-order chi connectivity index (χ0) is 14.7. The van der Waals surface area contributed by atoms with Gasteiger partial charge in [-0.25, -0.2) is 4.98 Å². The van der Waals surface area contributed by atoms with Crippen LogP contribution < -0.4 is 10.6 Å². The molecule has 0 aromatic carbocycles. The van der Waals surface area contributed by atoms with Crippen LogP contribution in [0.2, 0.25) is 0 Å². The van der Waals surface area contributed by atoms with Gasteiger partial charge in [0.15, 0.2) is 0 Å². The molecule has 2 unspecified atom stereocenters. The molecule has 2 fully saturated rings. The molecular weight excluding hydrogens is 268 g/mol. The van der Waals surface area contributed by atoms with Gasteiger partial charge in [0.25, 0.3) is 5.91 Å². The first-order chi connectivity index (χ1) is 10.3. The first-order valence-electron chi connectivity index (χ1n) is 7.54. The summed E-state index contributed by atoms with van der Waals surface area (Å²) in [6, 6.07) is 4.05. The Morgan fingerprint density at radius 1 is 1.57 bits per heavy atom. The molecule has 0 aliphatic carbocycles. The number of amides is 1. The molecule has 2 saturated heterocycles. The van der Waals surface area contributed by atoms with Gasteiger partial charge in [0, 0.05) is 37.9 Å². The van der Waals surface area contributed by atoms with E-state index in [2.05, 4.69) is 20.5 Å². The quantitative estimate of drug-likeness (QED) is 0.855. The van der Waals surface area contributed by atoms with Crippen LogP contribution in [0.5, 0.6) is 0 Å². The number of nitrogens with one attached hydrogen (secondary N) is 2. The Hall–Kier alpha value is -1.66. The highest BCUT2D eigenvalue weighted by molar-refractivity contribution is 5.94. The molecule has 1 amide bonds. The Morgan fingerprint density at radius 2 is 2.48 bits per heavy atom. The molecule has 2 N–H and O–H groups in total. The maximum absolute atomic E-state index is 12.1. The Morgan fingerprint density at radius 3 is 3.33 bits per heavy atom. The molecule has 0 bridgehead atoms. The SMILES string of the molecule is CNc1cc(C(=O)NCC2CN3CCCC3CO2)ccn1. The molecule has 1 aromatic rings. The van der Waals surface area contributed by atoms with Gasteiger partial charge in [-0.1, -0.05) is 0 Å². The van der Waals surface area contributed by atoms with Crippen molar-refractivity contribution in [2.24, 2.45) is 0 Å². The highest BCUT2D eigenvalue weighted by Crippen LogP contribution is 2.22. The molecule has 3 rings (SSSR count). The molecular formula is C15H22N4O2. The number of fused-ring (bicyclic) bond motifs is 1. The smallest absolute Gasteiger partial charge is 0.251 e. The van der Waals surface area contributed by atoms with Crippen LogP contribution in [0.4, 0.5) is 5.82 Å². The van der Waals surface area contributed by atoms with Crippen LogP contribution in [-0.2, 0) is 4.74 Å². The van der Waals surface area contributed by atoms with E-state index in [9.17, 15) is 4.79 Å². The van der Waals surface area contributed by atoms with Crippen LogP contribution in [0, 0.1) is 0 Å². The molecule has 2 atom stereocenters. The lowest BCUT2D eigenvalue weighted by Gasteiger charge is -2.35. The van der Waals surface area contributed by atoms with Gasteiger partial charge in [0.1, 0.15) is 5.82 Å². The van der Waals surface area contributed by atoms with Gasteiger partial charge in [-0.3, -0.25) is 9.69 Å². The Balaban J connectivity index is 1.51. The van der Waals surface area contributed by atoms with E-state index in [0.717, 1.165) is 19.7 Å². The number of ether oxygens (including phenoxy) is 1. The third-order valence-corrected chi connectivity index (χ3v) is 4.23. The minimum atomic E-state index is -0.0824. The largest absolute Gasteiger partial charge is 0.373 e. The Labute approximate surface area is 124 Å². The fraction of sp³-hybridized carbons (Fsp3) is 0.600. The van der Waals surface area contributed by atoms with Gasteiger partial charge in [0.05, 0.1) is 12.7 Å². The van der Waals surface area contributed by atoms with Crippen LogP contribution in [0.25, 0.3) is 0 Å². The van der Waals surface area contributed by atoms with Crippen molar-refractivity contribution in [3.05, 3.63) is 23.9 Å². The van der Waals surface area contributed by atoms with Crippen molar-refractivity contribution in [1.82, 2.24) is 15.2 Å². The number of carbonyl (C=O) groups is 1. The lowest BCUT2D eigenvalue weighted by Crippen LogP contribution is -2.50. The molecule has 0 spiro atoms. The van der Waals surface area contributed by atoms with E-state index in [1.807, 2.05) is 0 Å². The Kier molecular flexibility index (Phi) is 4.36. The highest BCUT2D eigenvalue weighted by Gasteiger charge is 2.32. The zero-order valence-electron chi connectivity index (χ0n) is 12.3. The average molecular weight is 290 g/mol.